The Labute approximate surface area is 222 Å². The first kappa shape index (κ1) is 26.7. The smallest absolute Gasteiger partial charge is 0.308 e. The third-order valence-electron chi connectivity index (χ3n) is 11.8. The van der Waals surface area contributed by atoms with Gasteiger partial charge in [0.15, 0.2) is 0 Å². The largest absolute Gasteiger partial charge is 0.481 e. The predicted molar refractivity (Wildman–Crippen MR) is 144 cm³/mol. The molecule has 0 aromatic carbocycles. The molecule has 0 spiro atoms. The van der Waals surface area contributed by atoms with Crippen molar-refractivity contribution in [3.8, 4) is 0 Å². The molecule has 0 amide bonds. The Morgan fingerprint density at radius 3 is 2.24 bits per heavy atom. The van der Waals surface area contributed by atoms with Crippen molar-refractivity contribution in [1.82, 2.24) is 0 Å². The van der Waals surface area contributed by atoms with Crippen molar-refractivity contribution >= 4 is 11.9 Å². The second kappa shape index (κ2) is 9.10. The zero-order valence-electron chi connectivity index (χ0n) is 23.4. The average Bonchev–Trinajstić information content (AvgIpc) is 3.14. The Bertz CT molecular complexity index is 1070. The van der Waals surface area contributed by atoms with Crippen LogP contribution < -0.4 is 0 Å². The Kier molecular flexibility index (Phi) is 6.57. The number of carbonyl (C=O) groups is 2. The molecule has 11 atom stereocenters. The lowest BCUT2D eigenvalue weighted by Crippen LogP contribution is -2.53. The van der Waals surface area contributed by atoms with Gasteiger partial charge < -0.3 is 15.3 Å². The van der Waals surface area contributed by atoms with Crippen LogP contribution in [0.15, 0.2) is 34.9 Å². The molecule has 3 N–H and O–H groups in total. The number of hydrogen-bond donors (Lipinski definition) is 3. The Balaban J connectivity index is 1.67. The number of fused-ring (bicyclic) bond motifs is 2. The van der Waals surface area contributed by atoms with Crippen LogP contribution in [0.3, 0.4) is 0 Å². The molecule has 0 aliphatic heterocycles. The van der Waals surface area contributed by atoms with Gasteiger partial charge in [-0.05, 0) is 84.9 Å². The van der Waals surface area contributed by atoms with Crippen molar-refractivity contribution in [3.63, 3.8) is 0 Å². The van der Waals surface area contributed by atoms with Crippen LogP contribution in [0.1, 0.15) is 80.1 Å². The fraction of sp³-hybridized carbons (Fsp3) is 0.750. The number of aliphatic carboxylic acids is 2. The molecule has 11 unspecified atom stereocenters. The summed E-state index contributed by atoms with van der Waals surface area (Å²) in [6.45, 7) is 13.7. The van der Waals surface area contributed by atoms with Gasteiger partial charge in [-0.3, -0.25) is 9.59 Å². The lowest BCUT2D eigenvalue weighted by molar-refractivity contribution is -0.158. The zero-order chi connectivity index (χ0) is 27.0. The molecular formula is C32H46O5. The fourth-order valence-electron chi connectivity index (χ4n) is 9.41. The van der Waals surface area contributed by atoms with Crippen LogP contribution in [0.2, 0.25) is 0 Å². The normalized spacial score (nSPS) is 44.3. The molecule has 5 aliphatic carbocycles. The summed E-state index contributed by atoms with van der Waals surface area (Å²) in [5.74, 6) is -2.52. The molecule has 2 fully saturated rings. The summed E-state index contributed by atoms with van der Waals surface area (Å²) in [4.78, 5) is 25.6. The van der Waals surface area contributed by atoms with Crippen LogP contribution in [0.5, 0.6) is 0 Å². The van der Waals surface area contributed by atoms with Crippen molar-refractivity contribution in [1.29, 1.82) is 0 Å². The number of carboxylic acid groups (broad SMARTS) is 2. The van der Waals surface area contributed by atoms with Crippen molar-refractivity contribution in [2.75, 3.05) is 0 Å². The van der Waals surface area contributed by atoms with E-state index in [1.165, 1.54) is 11.1 Å². The third-order valence-corrected chi connectivity index (χ3v) is 11.8. The maximum atomic E-state index is 12.8. The number of rotatable bonds is 6. The summed E-state index contributed by atoms with van der Waals surface area (Å²) < 4.78 is 0. The minimum Gasteiger partial charge on any atom is -0.481 e. The molecule has 0 aromatic rings. The first-order valence-corrected chi connectivity index (χ1v) is 14.6. The van der Waals surface area contributed by atoms with E-state index in [-0.39, 0.29) is 28.6 Å². The first-order chi connectivity index (χ1) is 17.3. The van der Waals surface area contributed by atoms with Crippen molar-refractivity contribution in [3.05, 3.63) is 34.9 Å². The summed E-state index contributed by atoms with van der Waals surface area (Å²) >= 11 is 0. The second-order valence-corrected chi connectivity index (χ2v) is 13.9. The summed E-state index contributed by atoms with van der Waals surface area (Å²) in [7, 11) is 0. The second-order valence-electron chi connectivity index (χ2n) is 13.9. The summed E-state index contributed by atoms with van der Waals surface area (Å²) in [5, 5.41) is 31.4. The molecule has 5 nitrogen and oxygen atoms in total. The molecule has 0 radical (unpaired) electrons. The molecule has 0 bridgehead atoms. The molecular weight excluding hydrogens is 464 g/mol. The van der Waals surface area contributed by atoms with E-state index in [4.69, 9.17) is 0 Å². The van der Waals surface area contributed by atoms with Crippen LogP contribution in [-0.2, 0) is 9.59 Å². The number of hydrogen-bond acceptors (Lipinski definition) is 3. The SMILES string of the molecule is CC(C)C(C)C=CC(C)C1CC2C3=C4C(C=C5CC(O)CCC5(C)C4CCC31C)C(C(=O)O)C2C(=O)O. The quantitative estimate of drug-likeness (QED) is 0.362. The lowest BCUT2D eigenvalue weighted by Gasteiger charge is -2.58. The summed E-state index contributed by atoms with van der Waals surface area (Å²) in [5.41, 5.74) is 3.58. The first-order valence-electron chi connectivity index (χ1n) is 14.6. The van der Waals surface area contributed by atoms with Gasteiger partial charge in [-0.1, -0.05) is 76.5 Å². The predicted octanol–water partition coefficient (Wildman–Crippen LogP) is 6.34. The standard InChI is InChI=1S/C32H46O5/c1-16(2)17(3)7-8-18(4)24-15-22-27(30(36)37)26(29(34)35)21-14-19-13-20(33)9-11-31(19,5)23-10-12-32(24,6)28(22)25(21)23/h7-8,14,16-18,20-24,26-27,33H,9-13,15H2,1-6H3,(H,34,35)(H,36,37). The molecule has 5 rings (SSSR count). The lowest BCUT2D eigenvalue weighted by atomic mass is 9.46. The molecule has 204 valence electrons. The van der Waals surface area contributed by atoms with Gasteiger partial charge in [0.2, 0.25) is 0 Å². The number of aliphatic hydroxyl groups excluding tert-OH is 1. The van der Waals surface area contributed by atoms with E-state index in [1.807, 2.05) is 0 Å². The summed E-state index contributed by atoms with van der Waals surface area (Å²) in [6.07, 6.45) is 11.4. The highest BCUT2D eigenvalue weighted by molar-refractivity contribution is 5.83. The molecule has 0 aromatic heterocycles. The van der Waals surface area contributed by atoms with Gasteiger partial charge in [-0.15, -0.1) is 0 Å². The van der Waals surface area contributed by atoms with Gasteiger partial charge in [-0.2, -0.15) is 0 Å². The highest BCUT2D eigenvalue weighted by Gasteiger charge is 2.65. The van der Waals surface area contributed by atoms with Gasteiger partial charge >= 0.3 is 11.9 Å². The van der Waals surface area contributed by atoms with E-state index >= 15 is 0 Å². The van der Waals surface area contributed by atoms with Crippen molar-refractivity contribution in [2.24, 2.45) is 64.1 Å². The van der Waals surface area contributed by atoms with E-state index in [9.17, 15) is 24.9 Å². The van der Waals surface area contributed by atoms with E-state index < -0.39 is 29.9 Å². The molecule has 0 heterocycles. The van der Waals surface area contributed by atoms with Crippen LogP contribution in [0, 0.1) is 64.1 Å². The van der Waals surface area contributed by atoms with Crippen LogP contribution >= 0.6 is 0 Å². The number of allylic oxidation sites excluding steroid dienone is 5. The number of aliphatic hydroxyl groups is 1. The van der Waals surface area contributed by atoms with E-state index in [0.29, 0.717) is 30.1 Å². The topological polar surface area (TPSA) is 94.8 Å². The van der Waals surface area contributed by atoms with E-state index in [1.54, 1.807) is 0 Å². The molecule has 0 saturated heterocycles. The Morgan fingerprint density at radius 2 is 1.62 bits per heavy atom. The monoisotopic (exact) mass is 510 g/mol. The highest BCUT2D eigenvalue weighted by Crippen LogP contribution is 2.71. The van der Waals surface area contributed by atoms with Crippen molar-refractivity contribution < 1.29 is 24.9 Å². The number of carboxylic acids is 2. The van der Waals surface area contributed by atoms with Gasteiger partial charge in [0, 0.05) is 5.92 Å². The maximum Gasteiger partial charge on any atom is 0.308 e. The molecule has 5 heteroatoms. The van der Waals surface area contributed by atoms with Crippen molar-refractivity contribution in [2.45, 2.75) is 86.2 Å². The highest BCUT2D eigenvalue weighted by atomic mass is 16.4. The van der Waals surface area contributed by atoms with Crippen LogP contribution in [0.4, 0.5) is 0 Å². The zero-order valence-corrected chi connectivity index (χ0v) is 23.4. The van der Waals surface area contributed by atoms with Gasteiger partial charge in [0.25, 0.3) is 0 Å². The molecule has 5 aliphatic rings. The molecule has 2 saturated carbocycles. The summed E-state index contributed by atoms with van der Waals surface area (Å²) in [6, 6.07) is 0. The average molecular weight is 511 g/mol. The van der Waals surface area contributed by atoms with Gasteiger partial charge in [0.05, 0.1) is 17.9 Å². The van der Waals surface area contributed by atoms with Crippen LogP contribution in [0.25, 0.3) is 0 Å². The van der Waals surface area contributed by atoms with E-state index in [2.05, 4.69) is 59.8 Å². The molecule has 37 heavy (non-hydrogen) atoms. The Morgan fingerprint density at radius 1 is 0.973 bits per heavy atom. The Hall–Kier alpha value is -1.88. The van der Waals surface area contributed by atoms with Gasteiger partial charge in [0.1, 0.15) is 0 Å². The third kappa shape index (κ3) is 3.89. The minimum atomic E-state index is -0.992. The fourth-order valence-corrected chi connectivity index (χ4v) is 9.41. The van der Waals surface area contributed by atoms with Crippen LogP contribution in [-0.4, -0.2) is 33.4 Å². The van der Waals surface area contributed by atoms with Gasteiger partial charge in [-0.25, -0.2) is 0 Å². The van der Waals surface area contributed by atoms with E-state index in [0.717, 1.165) is 37.7 Å². The minimum absolute atomic E-state index is 0.0701. The maximum absolute atomic E-state index is 12.8.